The minimum absolute atomic E-state index is 0.160. The maximum Gasteiger partial charge on any atom is 0.338 e. The summed E-state index contributed by atoms with van der Waals surface area (Å²) in [5, 5.41) is 39.1. The number of benzene rings is 1. The Morgan fingerprint density at radius 2 is 1.61 bits per heavy atom. The number of hydrogen-bond donors (Lipinski definition) is 4. The molecule has 7 heteroatoms. The van der Waals surface area contributed by atoms with Crippen LogP contribution in [-0.2, 0) is 15.9 Å². The van der Waals surface area contributed by atoms with E-state index in [0.29, 0.717) is 25.0 Å². The van der Waals surface area contributed by atoms with Gasteiger partial charge in [-0.05, 0) is 24.5 Å². The smallest absolute Gasteiger partial charge is 0.338 e. The van der Waals surface area contributed by atoms with Gasteiger partial charge in [-0.1, -0.05) is 18.2 Å². The number of carbonyl (C=O) groups is 1. The van der Waals surface area contributed by atoms with Crippen molar-refractivity contribution in [2.75, 3.05) is 19.8 Å². The van der Waals surface area contributed by atoms with Crippen molar-refractivity contribution >= 4 is 5.97 Å². The fourth-order valence-electron chi connectivity index (χ4n) is 2.40. The molecule has 0 spiro atoms. The van der Waals surface area contributed by atoms with E-state index in [9.17, 15) is 25.2 Å². The highest BCUT2D eigenvalue weighted by molar-refractivity contribution is 5.91. The molecule has 2 rings (SSSR count). The van der Waals surface area contributed by atoms with Crippen LogP contribution < -0.4 is 0 Å². The van der Waals surface area contributed by atoms with Gasteiger partial charge in [-0.15, -0.1) is 0 Å². The second kappa shape index (κ2) is 8.37. The summed E-state index contributed by atoms with van der Waals surface area (Å²) in [4.78, 5) is 12.1. The Bertz CT molecular complexity index is 519. The van der Waals surface area contributed by atoms with Gasteiger partial charge in [0.2, 0.25) is 0 Å². The average molecular weight is 326 g/mol. The largest absolute Gasteiger partial charge is 0.459 e. The van der Waals surface area contributed by atoms with E-state index in [1.165, 1.54) is 0 Å². The van der Waals surface area contributed by atoms with E-state index in [4.69, 9.17) is 9.47 Å². The minimum atomic E-state index is -1.65. The summed E-state index contributed by atoms with van der Waals surface area (Å²) in [5.74, 6) is -0.611. The highest BCUT2D eigenvalue weighted by atomic mass is 16.5. The minimum Gasteiger partial charge on any atom is -0.459 e. The summed E-state index contributed by atoms with van der Waals surface area (Å²) >= 11 is 0. The molecule has 4 N–H and O–H groups in total. The first kappa shape index (κ1) is 17.8. The molecular weight excluding hydrogens is 304 g/mol. The van der Waals surface area contributed by atoms with Gasteiger partial charge in [0.1, 0.15) is 31.0 Å². The standard InChI is InChI=1S/C16H22O7/c17-12-8-22-7-3-5-10-4-1-2-6-11(10)16(21)23-9-13(18)15(20)14(12)19/h1-2,4,6,12-15,17-20H,3,5,7-9H2/t12-,13+,14+,15+/m0/s1. The Morgan fingerprint density at radius 3 is 2.35 bits per heavy atom. The number of aliphatic hydroxyl groups is 4. The van der Waals surface area contributed by atoms with Crippen molar-refractivity contribution in [3.8, 4) is 0 Å². The first-order valence-corrected chi connectivity index (χ1v) is 7.55. The molecular formula is C16H22O7. The molecule has 4 atom stereocenters. The maximum atomic E-state index is 12.1. The zero-order valence-corrected chi connectivity index (χ0v) is 12.7. The van der Waals surface area contributed by atoms with E-state index in [2.05, 4.69) is 0 Å². The zero-order chi connectivity index (χ0) is 16.8. The normalized spacial score (nSPS) is 30.9. The number of aliphatic hydroxyl groups excluding tert-OH is 4. The highest BCUT2D eigenvalue weighted by Gasteiger charge is 2.31. The number of hydrogen-bond acceptors (Lipinski definition) is 7. The van der Waals surface area contributed by atoms with Gasteiger partial charge in [0.15, 0.2) is 0 Å². The van der Waals surface area contributed by atoms with Crippen LogP contribution >= 0.6 is 0 Å². The summed E-state index contributed by atoms with van der Waals surface area (Å²) in [6.07, 6.45) is -4.89. The Kier molecular flexibility index (Phi) is 6.49. The SMILES string of the molecule is O=C1OC[C@@H](O)[C@@H](O)[C@H](O)[C@@H](O)COCCCc2ccccc21. The molecule has 0 bridgehead atoms. The van der Waals surface area contributed by atoms with Crippen molar-refractivity contribution in [2.24, 2.45) is 0 Å². The zero-order valence-electron chi connectivity index (χ0n) is 12.7. The third-order valence-electron chi connectivity index (χ3n) is 3.78. The van der Waals surface area contributed by atoms with Crippen LogP contribution in [0.3, 0.4) is 0 Å². The van der Waals surface area contributed by atoms with Crippen LogP contribution in [0, 0.1) is 0 Å². The topological polar surface area (TPSA) is 116 Å². The van der Waals surface area contributed by atoms with E-state index >= 15 is 0 Å². The number of fused-ring (bicyclic) bond motifs is 1. The number of carbonyl (C=O) groups excluding carboxylic acids is 1. The molecule has 1 aliphatic heterocycles. The molecule has 0 radical (unpaired) electrons. The van der Waals surface area contributed by atoms with Crippen LogP contribution in [-0.4, -0.2) is 70.6 Å². The number of aryl methyl sites for hydroxylation is 1. The van der Waals surface area contributed by atoms with E-state index in [1.807, 2.05) is 12.1 Å². The van der Waals surface area contributed by atoms with Gasteiger partial charge in [0, 0.05) is 6.61 Å². The van der Waals surface area contributed by atoms with Gasteiger partial charge in [0.25, 0.3) is 0 Å². The van der Waals surface area contributed by atoms with Crippen LogP contribution in [0.15, 0.2) is 24.3 Å². The van der Waals surface area contributed by atoms with Gasteiger partial charge < -0.3 is 29.9 Å². The number of cyclic esters (lactones) is 1. The lowest BCUT2D eigenvalue weighted by molar-refractivity contribution is -0.130. The van der Waals surface area contributed by atoms with Crippen LogP contribution in [0.25, 0.3) is 0 Å². The quantitative estimate of drug-likeness (QED) is 0.464. The molecule has 0 saturated heterocycles. The molecule has 0 amide bonds. The molecule has 0 fully saturated rings. The molecule has 128 valence electrons. The molecule has 0 saturated carbocycles. The first-order chi connectivity index (χ1) is 11.0. The Hall–Kier alpha value is -1.51. The predicted octanol–water partition coefficient (Wildman–Crippen LogP) is -0.750. The molecule has 0 aliphatic carbocycles. The van der Waals surface area contributed by atoms with Gasteiger partial charge in [-0.3, -0.25) is 0 Å². The van der Waals surface area contributed by atoms with Crippen molar-refractivity contribution in [3.05, 3.63) is 35.4 Å². The van der Waals surface area contributed by atoms with Crippen LogP contribution in [0.2, 0.25) is 0 Å². The predicted molar refractivity (Wildman–Crippen MR) is 79.9 cm³/mol. The first-order valence-electron chi connectivity index (χ1n) is 7.55. The molecule has 1 heterocycles. The lowest BCUT2D eigenvalue weighted by atomic mass is 10.0. The molecule has 0 unspecified atom stereocenters. The lowest BCUT2D eigenvalue weighted by Gasteiger charge is -2.26. The summed E-state index contributed by atoms with van der Waals surface area (Å²) in [5.41, 5.74) is 1.20. The molecule has 7 nitrogen and oxygen atoms in total. The van der Waals surface area contributed by atoms with Crippen molar-refractivity contribution < 1.29 is 34.7 Å². The molecule has 1 aromatic carbocycles. The van der Waals surface area contributed by atoms with E-state index in [-0.39, 0.29) is 6.61 Å². The van der Waals surface area contributed by atoms with Crippen molar-refractivity contribution in [3.63, 3.8) is 0 Å². The number of rotatable bonds is 0. The average Bonchev–Trinajstić information content (AvgIpc) is 2.57. The Balaban J connectivity index is 2.15. The highest BCUT2D eigenvalue weighted by Crippen LogP contribution is 2.15. The van der Waals surface area contributed by atoms with Crippen LogP contribution in [0.5, 0.6) is 0 Å². The van der Waals surface area contributed by atoms with Gasteiger partial charge in [0.05, 0.1) is 12.2 Å². The van der Waals surface area contributed by atoms with Crippen molar-refractivity contribution in [1.29, 1.82) is 0 Å². The van der Waals surface area contributed by atoms with Crippen molar-refractivity contribution in [2.45, 2.75) is 37.3 Å². The number of ether oxygens (including phenoxy) is 2. The monoisotopic (exact) mass is 326 g/mol. The molecule has 1 aliphatic rings. The van der Waals surface area contributed by atoms with Crippen LogP contribution in [0.4, 0.5) is 0 Å². The van der Waals surface area contributed by atoms with Gasteiger partial charge in [-0.2, -0.15) is 0 Å². The molecule has 1 aromatic rings. The van der Waals surface area contributed by atoms with Gasteiger partial charge >= 0.3 is 5.97 Å². The Labute approximate surface area is 134 Å². The third kappa shape index (κ3) is 4.73. The number of esters is 1. The lowest BCUT2D eigenvalue weighted by Crippen LogP contribution is -2.47. The molecule has 0 aromatic heterocycles. The van der Waals surface area contributed by atoms with E-state index in [0.717, 1.165) is 5.56 Å². The Morgan fingerprint density at radius 1 is 0.957 bits per heavy atom. The summed E-state index contributed by atoms with van der Waals surface area (Å²) < 4.78 is 10.3. The fraction of sp³-hybridized carbons (Fsp3) is 0.562. The second-order valence-corrected chi connectivity index (χ2v) is 5.55. The van der Waals surface area contributed by atoms with Crippen molar-refractivity contribution in [1.82, 2.24) is 0 Å². The maximum absolute atomic E-state index is 12.1. The fourth-order valence-corrected chi connectivity index (χ4v) is 2.40. The summed E-state index contributed by atoms with van der Waals surface area (Å²) in [6.45, 7) is -0.322. The van der Waals surface area contributed by atoms with Crippen LogP contribution in [0.1, 0.15) is 22.3 Å². The third-order valence-corrected chi connectivity index (χ3v) is 3.78. The van der Waals surface area contributed by atoms with Gasteiger partial charge in [-0.25, -0.2) is 4.79 Å². The summed E-state index contributed by atoms with van der Waals surface area (Å²) in [7, 11) is 0. The second-order valence-electron chi connectivity index (χ2n) is 5.55. The van der Waals surface area contributed by atoms with E-state index < -0.39 is 37.0 Å². The summed E-state index contributed by atoms with van der Waals surface area (Å²) in [6, 6.07) is 6.97. The van der Waals surface area contributed by atoms with E-state index in [1.54, 1.807) is 12.1 Å². The molecule has 23 heavy (non-hydrogen) atoms.